The minimum absolute atomic E-state index is 0.216. The van der Waals surface area contributed by atoms with Crippen molar-refractivity contribution in [3.63, 3.8) is 0 Å². The van der Waals surface area contributed by atoms with Gasteiger partial charge in [-0.2, -0.15) is 0 Å². The van der Waals surface area contributed by atoms with Crippen molar-refractivity contribution < 1.29 is 24.2 Å². The van der Waals surface area contributed by atoms with Gasteiger partial charge in [-0.1, -0.05) is 57.4 Å². The fourth-order valence-corrected chi connectivity index (χ4v) is 3.58. The second-order valence-corrected chi connectivity index (χ2v) is 6.93. The highest BCUT2D eigenvalue weighted by Crippen LogP contribution is 2.58. The summed E-state index contributed by atoms with van der Waals surface area (Å²) in [6, 6.07) is 5.24. The lowest BCUT2D eigenvalue weighted by molar-refractivity contribution is -0.225. The molecule has 1 aliphatic carbocycles. The molecule has 2 unspecified atom stereocenters. The Bertz CT molecular complexity index is 921. The smallest absolute Gasteiger partial charge is 0.333 e. The van der Waals surface area contributed by atoms with Gasteiger partial charge < -0.3 is 14.6 Å². The minimum atomic E-state index is -2.17. The van der Waals surface area contributed by atoms with Crippen molar-refractivity contribution in [2.75, 3.05) is 0 Å². The van der Waals surface area contributed by atoms with Gasteiger partial charge in [0.05, 0.1) is 0 Å². The van der Waals surface area contributed by atoms with Crippen LogP contribution in [0.5, 0.6) is 5.75 Å². The summed E-state index contributed by atoms with van der Waals surface area (Å²) in [6.07, 6.45) is 5.63. The topological polar surface area (TPSA) is 72.8 Å². The van der Waals surface area contributed by atoms with Crippen LogP contribution < -0.4 is 4.74 Å². The molecule has 1 aliphatic heterocycles. The van der Waals surface area contributed by atoms with Gasteiger partial charge in [-0.05, 0) is 24.5 Å². The van der Waals surface area contributed by atoms with Gasteiger partial charge >= 0.3 is 11.8 Å². The monoisotopic (exact) mass is 366 g/mol. The van der Waals surface area contributed by atoms with E-state index < -0.39 is 23.1 Å². The molecule has 27 heavy (non-hydrogen) atoms. The van der Waals surface area contributed by atoms with Gasteiger partial charge in [-0.15, -0.1) is 0 Å². The van der Waals surface area contributed by atoms with Crippen LogP contribution in [0.3, 0.4) is 0 Å². The normalized spacial score (nSPS) is 26.2. The van der Waals surface area contributed by atoms with Crippen molar-refractivity contribution in [1.29, 1.82) is 0 Å². The molecule has 140 valence electrons. The number of allylic oxidation sites excluding steroid dienone is 2. The summed E-state index contributed by atoms with van der Waals surface area (Å²) in [6.45, 7) is 12.6. The molecule has 0 saturated carbocycles. The Morgan fingerprint density at radius 2 is 2.04 bits per heavy atom. The van der Waals surface area contributed by atoms with Crippen LogP contribution >= 0.6 is 0 Å². The summed E-state index contributed by atoms with van der Waals surface area (Å²) in [5, 5.41) is 11.5. The highest BCUT2D eigenvalue weighted by Gasteiger charge is 2.73. The molecule has 3 rings (SSSR count). The van der Waals surface area contributed by atoms with E-state index in [0.717, 1.165) is 11.6 Å². The average Bonchev–Trinajstić information content (AvgIpc) is 2.97. The maximum absolute atomic E-state index is 13.1. The van der Waals surface area contributed by atoms with E-state index in [1.807, 2.05) is 19.9 Å². The Hall–Kier alpha value is -2.92. The van der Waals surface area contributed by atoms with Crippen LogP contribution in [0.25, 0.3) is 0 Å². The lowest BCUT2D eigenvalue weighted by Crippen LogP contribution is -2.55. The number of benzene rings is 1. The molecule has 0 aromatic heterocycles. The van der Waals surface area contributed by atoms with E-state index >= 15 is 0 Å². The number of Topliss-reactive ketones (excluding diaryl/α,β-unsaturated/α-hetero) is 1. The Morgan fingerprint density at radius 1 is 1.33 bits per heavy atom. The summed E-state index contributed by atoms with van der Waals surface area (Å²) in [4.78, 5) is 25.2. The van der Waals surface area contributed by atoms with Crippen molar-refractivity contribution in [2.24, 2.45) is 0 Å². The Labute approximate surface area is 158 Å². The summed E-state index contributed by atoms with van der Waals surface area (Å²) in [5.74, 6) is -2.85. The van der Waals surface area contributed by atoms with Crippen molar-refractivity contribution in [2.45, 2.75) is 38.1 Å². The van der Waals surface area contributed by atoms with Crippen LogP contribution in [0.15, 0.2) is 66.8 Å². The first kappa shape index (κ1) is 18.9. The highest BCUT2D eigenvalue weighted by molar-refractivity contribution is 6.09. The molecule has 5 heteroatoms. The fraction of sp³-hybridized carbons (Fsp3) is 0.273. The number of ketones is 1. The largest absolute Gasteiger partial charge is 0.444 e. The van der Waals surface area contributed by atoms with E-state index in [2.05, 4.69) is 13.2 Å². The fourth-order valence-electron chi connectivity index (χ4n) is 3.58. The van der Waals surface area contributed by atoms with Gasteiger partial charge in [0, 0.05) is 22.8 Å². The number of fused-ring (bicyclic) bond motifs is 3. The van der Waals surface area contributed by atoms with Gasteiger partial charge in [-0.3, -0.25) is 4.79 Å². The van der Waals surface area contributed by atoms with Gasteiger partial charge in [0.15, 0.2) is 0 Å². The number of esters is 1. The molecule has 2 atom stereocenters. The standard InChI is InChI=1S/C22H22O5/c1-6-8-9-16-14(5)20(24)21(25)17-11-10-15(13(3)4)12-18(17)26-22(16,21)27-19(23)7-2/h6-13,25H,1-2H2,3-5H3/b9-8-. The first-order chi connectivity index (χ1) is 12.7. The minimum Gasteiger partial charge on any atom is -0.444 e. The molecule has 0 spiro atoms. The van der Waals surface area contributed by atoms with Crippen molar-refractivity contribution in [1.82, 2.24) is 0 Å². The number of hydrogen-bond donors (Lipinski definition) is 1. The van der Waals surface area contributed by atoms with Crippen molar-refractivity contribution >= 4 is 11.8 Å². The second-order valence-electron chi connectivity index (χ2n) is 6.93. The van der Waals surface area contributed by atoms with Crippen LogP contribution in [-0.4, -0.2) is 22.6 Å². The van der Waals surface area contributed by atoms with E-state index in [1.165, 1.54) is 6.08 Å². The van der Waals surface area contributed by atoms with Crippen LogP contribution in [0.1, 0.15) is 37.8 Å². The summed E-state index contributed by atoms with van der Waals surface area (Å²) in [7, 11) is 0. The molecular weight excluding hydrogens is 344 g/mol. The summed E-state index contributed by atoms with van der Waals surface area (Å²) >= 11 is 0. The maximum atomic E-state index is 13.1. The molecule has 1 aromatic rings. The first-order valence-electron chi connectivity index (χ1n) is 8.69. The first-order valence-corrected chi connectivity index (χ1v) is 8.69. The number of carbonyl (C=O) groups excluding carboxylic acids is 2. The number of hydrogen-bond acceptors (Lipinski definition) is 5. The van der Waals surface area contributed by atoms with Crippen LogP contribution in [0, 0.1) is 0 Å². The highest BCUT2D eigenvalue weighted by atomic mass is 16.7. The third-order valence-corrected chi connectivity index (χ3v) is 5.03. The van der Waals surface area contributed by atoms with E-state index in [0.29, 0.717) is 5.75 Å². The van der Waals surface area contributed by atoms with Gasteiger partial charge in [0.1, 0.15) is 5.75 Å². The third-order valence-electron chi connectivity index (χ3n) is 5.03. The van der Waals surface area contributed by atoms with Gasteiger partial charge in [-0.25, -0.2) is 4.79 Å². The Morgan fingerprint density at radius 3 is 2.63 bits per heavy atom. The Kier molecular flexibility index (Phi) is 4.44. The lowest BCUT2D eigenvalue weighted by Gasteiger charge is -2.34. The zero-order valence-corrected chi connectivity index (χ0v) is 15.6. The number of aliphatic hydroxyl groups is 1. The number of rotatable bonds is 5. The Balaban J connectivity index is 2.27. The lowest BCUT2D eigenvalue weighted by atomic mass is 9.84. The molecule has 5 nitrogen and oxygen atoms in total. The van der Waals surface area contributed by atoms with Crippen LogP contribution in [0.2, 0.25) is 0 Å². The SMILES string of the molecule is C=C/C=C\C1=C(C)C(=O)C2(O)c3ccc(C(C)C)cc3OC12OC(=O)C=C. The van der Waals surface area contributed by atoms with Crippen molar-refractivity contribution in [3.8, 4) is 5.75 Å². The van der Waals surface area contributed by atoms with Crippen LogP contribution in [-0.2, 0) is 19.9 Å². The number of carbonyl (C=O) groups is 2. The second kappa shape index (κ2) is 6.35. The molecule has 1 aromatic carbocycles. The zero-order valence-electron chi connectivity index (χ0n) is 15.6. The zero-order chi connectivity index (χ0) is 20.0. The molecule has 0 fully saturated rings. The van der Waals surface area contributed by atoms with E-state index in [-0.39, 0.29) is 22.6 Å². The van der Waals surface area contributed by atoms with E-state index in [4.69, 9.17) is 9.47 Å². The molecule has 0 amide bonds. The summed E-state index contributed by atoms with van der Waals surface area (Å²) < 4.78 is 11.5. The molecular formula is C22H22O5. The van der Waals surface area contributed by atoms with Crippen LogP contribution in [0.4, 0.5) is 0 Å². The van der Waals surface area contributed by atoms with Gasteiger partial charge in [0.25, 0.3) is 0 Å². The third kappa shape index (κ3) is 2.42. The number of ether oxygens (including phenoxy) is 2. The molecule has 1 heterocycles. The molecule has 0 saturated heterocycles. The predicted octanol–water partition coefficient (Wildman–Crippen LogP) is 3.46. The summed E-state index contributed by atoms with van der Waals surface area (Å²) in [5.41, 5.74) is -0.394. The maximum Gasteiger partial charge on any atom is 0.333 e. The molecule has 0 bridgehead atoms. The van der Waals surface area contributed by atoms with Crippen molar-refractivity contribution in [3.05, 3.63) is 77.9 Å². The predicted molar refractivity (Wildman–Crippen MR) is 101 cm³/mol. The van der Waals surface area contributed by atoms with E-state index in [1.54, 1.807) is 31.2 Å². The molecule has 0 radical (unpaired) electrons. The van der Waals surface area contributed by atoms with E-state index in [9.17, 15) is 14.7 Å². The molecule has 2 aliphatic rings. The quantitative estimate of drug-likeness (QED) is 0.491. The molecule has 1 N–H and O–H groups in total. The average molecular weight is 366 g/mol. The van der Waals surface area contributed by atoms with Gasteiger partial charge in [0.2, 0.25) is 11.4 Å².